The van der Waals surface area contributed by atoms with E-state index in [-0.39, 0.29) is 5.91 Å². The van der Waals surface area contributed by atoms with Crippen molar-refractivity contribution in [3.63, 3.8) is 0 Å². The highest BCUT2D eigenvalue weighted by Crippen LogP contribution is 2.39. The van der Waals surface area contributed by atoms with Gasteiger partial charge in [-0.05, 0) is 38.5 Å². The number of benzene rings is 1. The standard InChI is InChI=1S/C13H15N3O/c1-4-16-7-14-10-6-9-8(5-11(10)16)13(2,3)12(17)15-9/h5-7H,4H2,1-3H3,(H,15,17). The summed E-state index contributed by atoms with van der Waals surface area (Å²) in [6, 6.07) is 4.04. The molecule has 1 N–H and O–H groups in total. The van der Waals surface area contributed by atoms with Crippen molar-refractivity contribution in [2.45, 2.75) is 32.7 Å². The second-order valence-electron chi connectivity index (χ2n) is 5.00. The third kappa shape index (κ3) is 1.24. The molecule has 1 amide bonds. The van der Waals surface area contributed by atoms with Crippen LogP contribution in [-0.4, -0.2) is 15.5 Å². The lowest BCUT2D eigenvalue weighted by Crippen LogP contribution is -2.26. The molecule has 0 fully saturated rings. The number of rotatable bonds is 1. The monoisotopic (exact) mass is 229 g/mol. The summed E-state index contributed by atoms with van der Waals surface area (Å²) in [5, 5.41) is 2.92. The van der Waals surface area contributed by atoms with Gasteiger partial charge in [0.1, 0.15) is 0 Å². The maximum Gasteiger partial charge on any atom is 0.234 e. The molecule has 4 nitrogen and oxygen atoms in total. The van der Waals surface area contributed by atoms with Gasteiger partial charge < -0.3 is 9.88 Å². The summed E-state index contributed by atoms with van der Waals surface area (Å²) < 4.78 is 2.09. The lowest BCUT2D eigenvalue weighted by atomic mass is 9.86. The van der Waals surface area contributed by atoms with Gasteiger partial charge >= 0.3 is 0 Å². The number of aromatic nitrogens is 2. The number of carbonyl (C=O) groups excluding carboxylic acids is 1. The number of fused-ring (bicyclic) bond motifs is 2. The van der Waals surface area contributed by atoms with Gasteiger partial charge in [-0.1, -0.05) is 0 Å². The molecular formula is C13H15N3O. The van der Waals surface area contributed by atoms with E-state index in [9.17, 15) is 4.79 Å². The molecule has 0 bridgehead atoms. The van der Waals surface area contributed by atoms with Crippen molar-refractivity contribution in [3.8, 4) is 0 Å². The Labute approximate surface area is 99.6 Å². The number of amides is 1. The van der Waals surface area contributed by atoms with E-state index in [1.54, 1.807) is 0 Å². The number of hydrogen-bond acceptors (Lipinski definition) is 2. The molecule has 3 rings (SSSR count). The predicted octanol–water partition coefficient (Wildman–Crippen LogP) is 2.29. The van der Waals surface area contributed by atoms with Crippen LogP contribution in [0.4, 0.5) is 5.69 Å². The normalized spacial score (nSPS) is 17.2. The summed E-state index contributed by atoms with van der Waals surface area (Å²) in [6.45, 7) is 6.87. The van der Waals surface area contributed by atoms with Crippen LogP contribution >= 0.6 is 0 Å². The van der Waals surface area contributed by atoms with E-state index in [4.69, 9.17) is 0 Å². The molecule has 0 saturated carbocycles. The Morgan fingerprint density at radius 2 is 2.18 bits per heavy atom. The van der Waals surface area contributed by atoms with E-state index < -0.39 is 5.41 Å². The molecule has 1 aliphatic heterocycles. The summed E-state index contributed by atoms with van der Waals surface area (Å²) in [6.07, 6.45) is 1.84. The van der Waals surface area contributed by atoms with Crippen LogP contribution in [-0.2, 0) is 16.8 Å². The first-order valence-corrected chi connectivity index (χ1v) is 5.85. The second kappa shape index (κ2) is 3.09. The first kappa shape index (κ1) is 10.3. The molecule has 2 heterocycles. The SMILES string of the molecule is CCn1cnc2cc3c(cc21)C(C)(C)C(=O)N3. The number of carbonyl (C=O) groups is 1. The van der Waals surface area contributed by atoms with Crippen LogP contribution in [0.1, 0.15) is 26.3 Å². The average molecular weight is 229 g/mol. The number of nitrogens with zero attached hydrogens (tertiary/aromatic N) is 2. The molecule has 0 saturated heterocycles. The largest absolute Gasteiger partial charge is 0.331 e. The van der Waals surface area contributed by atoms with Crippen LogP contribution < -0.4 is 5.32 Å². The fraction of sp³-hybridized carbons (Fsp3) is 0.385. The first-order valence-electron chi connectivity index (χ1n) is 5.85. The summed E-state index contributed by atoms with van der Waals surface area (Å²) in [5.41, 5.74) is 3.53. The molecule has 0 radical (unpaired) electrons. The summed E-state index contributed by atoms with van der Waals surface area (Å²) in [7, 11) is 0. The van der Waals surface area contributed by atoms with E-state index in [0.29, 0.717) is 0 Å². The number of anilines is 1. The van der Waals surface area contributed by atoms with E-state index in [1.807, 2.05) is 26.2 Å². The zero-order valence-corrected chi connectivity index (χ0v) is 10.2. The topological polar surface area (TPSA) is 46.9 Å². The third-order valence-electron chi connectivity index (χ3n) is 3.59. The van der Waals surface area contributed by atoms with Crippen molar-refractivity contribution in [2.24, 2.45) is 0 Å². The quantitative estimate of drug-likeness (QED) is 0.815. The molecule has 4 heteroatoms. The maximum absolute atomic E-state index is 11.9. The van der Waals surface area contributed by atoms with Crippen molar-refractivity contribution in [1.82, 2.24) is 9.55 Å². The van der Waals surface area contributed by atoms with E-state index in [0.717, 1.165) is 28.8 Å². The van der Waals surface area contributed by atoms with Gasteiger partial charge in [0.15, 0.2) is 0 Å². The van der Waals surface area contributed by atoms with E-state index in [1.165, 1.54) is 0 Å². The molecule has 0 aliphatic carbocycles. The number of imidazole rings is 1. The average Bonchev–Trinajstić information content (AvgIpc) is 2.77. The molecule has 17 heavy (non-hydrogen) atoms. The lowest BCUT2D eigenvalue weighted by molar-refractivity contribution is -0.119. The van der Waals surface area contributed by atoms with Crippen LogP contribution in [0.25, 0.3) is 11.0 Å². The molecule has 1 aromatic carbocycles. The minimum atomic E-state index is -0.452. The van der Waals surface area contributed by atoms with Crippen molar-refractivity contribution in [3.05, 3.63) is 24.0 Å². The number of nitrogens with one attached hydrogen (secondary N) is 1. The summed E-state index contributed by atoms with van der Waals surface area (Å²) in [5.74, 6) is 0.0585. The lowest BCUT2D eigenvalue weighted by Gasteiger charge is -2.15. The van der Waals surface area contributed by atoms with Crippen molar-refractivity contribution in [1.29, 1.82) is 0 Å². The molecule has 1 aromatic heterocycles. The van der Waals surface area contributed by atoms with Crippen LogP contribution in [0.5, 0.6) is 0 Å². The highest BCUT2D eigenvalue weighted by atomic mass is 16.2. The molecule has 2 aromatic rings. The smallest absolute Gasteiger partial charge is 0.234 e. The highest BCUT2D eigenvalue weighted by Gasteiger charge is 2.38. The summed E-state index contributed by atoms with van der Waals surface area (Å²) in [4.78, 5) is 16.2. The molecule has 0 spiro atoms. The Balaban J connectivity index is 2.31. The van der Waals surface area contributed by atoms with Gasteiger partial charge in [0.25, 0.3) is 0 Å². The van der Waals surface area contributed by atoms with Gasteiger partial charge in [-0.3, -0.25) is 4.79 Å². The van der Waals surface area contributed by atoms with Crippen molar-refractivity contribution < 1.29 is 4.79 Å². The van der Waals surface area contributed by atoms with Crippen LogP contribution in [0, 0.1) is 0 Å². The zero-order chi connectivity index (χ0) is 12.2. The summed E-state index contributed by atoms with van der Waals surface area (Å²) >= 11 is 0. The van der Waals surface area contributed by atoms with Gasteiger partial charge in [0.2, 0.25) is 5.91 Å². The number of hydrogen-bond donors (Lipinski definition) is 1. The van der Waals surface area contributed by atoms with Crippen LogP contribution in [0.3, 0.4) is 0 Å². The molecule has 1 aliphatic rings. The molecule has 88 valence electrons. The van der Waals surface area contributed by atoms with Crippen LogP contribution in [0.2, 0.25) is 0 Å². The Bertz CT molecular complexity index is 625. The van der Waals surface area contributed by atoms with Gasteiger partial charge in [0.05, 0.1) is 22.8 Å². The van der Waals surface area contributed by atoms with Gasteiger partial charge in [-0.25, -0.2) is 4.98 Å². The molecular weight excluding hydrogens is 214 g/mol. The zero-order valence-electron chi connectivity index (χ0n) is 10.2. The highest BCUT2D eigenvalue weighted by molar-refractivity contribution is 6.07. The Hall–Kier alpha value is -1.84. The van der Waals surface area contributed by atoms with Gasteiger partial charge in [-0.15, -0.1) is 0 Å². The van der Waals surface area contributed by atoms with Gasteiger partial charge in [0, 0.05) is 12.2 Å². The minimum Gasteiger partial charge on any atom is -0.331 e. The Kier molecular flexibility index (Phi) is 1.88. The molecule has 0 unspecified atom stereocenters. The maximum atomic E-state index is 11.9. The third-order valence-corrected chi connectivity index (χ3v) is 3.59. The predicted molar refractivity (Wildman–Crippen MR) is 67.1 cm³/mol. The number of aryl methyl sites for hydroxylation is 1. The first-order chi connectivity index (χ1) is 8.04. The van der Waals surface area contributed by atoms with Crippen molar-refractivity contribution >= 4 is 22.6 Å². The second-order valence-corrected chi connectivity index (χ2v) is 5.00. The van der Waals surface area contributed by atoms with Crippen LogP contribution in [0.15, 0.2) is 18.5 Å². The van der Waals surface area contributed by atoms with E-state index in [2.05, 4.69) is 27.9 Å². The minimum absolute atomic E-state index is 0.0585. The van der Waals surface area contributed by atoms with E-state index >= 15 is 0 Å². The molecule has 0 atom stereocenters. The Morgan fingerprint density at radius 3 is 2.88 bits per heavy atom. The Morgan fingerprint density at radius 1 is 1.41 bits per heavy atom. The van der Waals surface area contributed by atoms with Gasteiger partial charge in [-0.2, -0.15) is 0 Å². The fourth-order valence-corrected chi connectivity index (χ4v) is 2.38. The van der Waals surface area contributed by atoms with Crippen molar-refractivity contribution in [2.75, 3.05) is 5.32 Å². The fourth-order valence-electron chi connectivity index (χ4n) is 2.38.